The average molecular weight is 421 g/mol. The third-order valence-electron chi connectivity index (χ3n) is 6.24. The van der Waals surface area contributed by atoms with Gasteiger partial charge in [0.1, 0.15) is 5.82 Å². The van der Waals surface area contributed by atoms with Gasteiger partial charge in [0, 0.05) is 28.2 Å². The summed E-state index contributed by atoms with van der Waals surface area (Å²) in [5.74, 6) is 13.9. The number of unbranched alkanes of at least 4 members (excludes halogenated alkanes) is 1. The van der Waals surface area contributed by atoms with E-state index in [0.717, 1.165) is 27.8 Å². The quantitative estimate of drug-likeness (QED) is 0.357. The first kappa shape index (κ1) is 21.9. The lowest BCUT2D eigenvalue weighted by molar-refractivity contribution is 0.581. The summed E-state index contributed by atoms with van der Waals surface area (Å²) in [4.78, 5) is 0. The molecule has 0 amide bonds. The number of rotatable bonds is 3. The van der Waals surface area contributed by atoms with Crippen molar-refractivity contribution in [3.63, 3.8) is 0 Å². The molecule has 0 fully saturated rings. The van der Waals surface area contributed by atoms with Crippen molar-refractivity contribution in [2.24, 2.45) is 11.8 Å². The highest BCUT2D eigenvalue weighted by Gasteiger charge is 2.25. The summed E-state index contributed by atoms with van der Waals surface area (Å²) >= 11 is 0. The van der Waals surface area contributed by atoms with Gasteiger partial charge in [0.15, 0.2) is 0 Å². The topological polar surface area (TPSA) is 0 Å². The molecule has 2 aromatic carbocycles. The highest BCUT2D eigenvalue weighted by Crippen LogP contribution is 2.38. The van der Waals surface area contributed by atoms with Crippen molar-refractivity contribution >= 4 is 0 Å². The van der Waals surface area contributed by atoms with Gasteiger partial charge in [0.2, 0.25) is 0 Å². The lowest BCUT2D eigenvalue weighted by atomic mass is 9.88. The van der Waals surface area contributed by atoms with Gasteiger partial charge in [-0.15, -0.1) is 0 Å². The Morgan fingerprint density at radius 2 is 1.66 bits per heavy atom. The van der Waals surface area contributed by atoms with Crippen LogP contribution < -0.4 is 0 Å². The van der Waals surface area contributed by atoms with E-state index in [1.54, 1.807) is 24.6 Å². The van der Waals surface area contributed by atoms with Crippen LogP contribution in [-0.2, 0) is 0 Å². The molecule has 32 heavy (non-hydrogen) atoms. The van der Waals surface area contributed by atoms with Gasteiger partial charge in [-0.05, 0) is 86.6 Å². The molecule has 0 spiro atoms. The number of halogens is 1. The molecule has 4 rings (SSSR count). The Labute approximate surface area is 192 Å². The Bertz CT molecular complexity index is 1230. The molecule has 2 aromatic rings. The largest absolute Gasteiger partial charge is 0.207 e. The van der Waals surface area contributed by atoms with Gasteiger partial charge in [-0.1, -0.05) is 66.9 Å². The number of hydrogen-bond acceptors (Lipinski definition) is 0. The predicted molar refractivity (Wildman–Crippen MR) is 132 cm³/mol. The van der Waals surface area contributed by atoms with Crippen molar-refractivity contribution < 1.29 is 4.39 Å². The molecule has 2 atom stereocenters. The fourth-order valence-corrected chi connectivity index (χ4v) is 4.33. The van der Waals surface area contributed by atoms with E-state index >= 15 is 0 Å². The SMILES string of the molecule is CCCCC1=CC2C=CC(C#Cc3ccc(C#Cc4ccc(F)c(C)c4)c(C)c3)=CC2C1. The van der Waals surface area contributed by atoms with Crippen LogP contribution >= 0.6 is 0 Å². The first-order valence-corrected chi connectivity index (χ1v) is 11.5. The zero-order valence-electron chi connectivity index (χ0n) is 19.1. The van der Waals surface area contributed by atoms with E-state index in [0.29, 0.717) is 17.4 Å². The standard InChI is InChI=1S/C31H29F/c1-4-5-6-27-20-29-15-11-26(19-30(29)21-27)8-7-24-9-13-28(22(2)17-24)14-10-25-12-16-31(32)23(3)18-25/h9,11-13,15-20,29-30H,4-6,21H2,1-3H3. The Morgan fingerprint density at radius 1 is 0.906 bits per heavy atom. The molecule has 2 unspecified atom stereocenters. The van der Waals surface area contributed by atoms with Crippen LogP contribution in [0.4, 0.5) is 4.39 Å². The van der Waals surface area contributed by atoms with Crippen LogP contribution in [0.15, 0.2) is 71.8 Å². The second-order valence-electron chi connectivity index (χ2n) is 8.85. The lowest BCUT2D eigenvalue weighted by Crippen LogP contribution is -2.06. The average Bonchev–Trinajstić information content (AvgIpc) is 3.20. The van der Waals surface area contributed by atoms with E-state index in [1.807, 2.05) is 12.1 Å². The summed E-state index contributed by atoms with van der Waals surface area (Å²) in [6.45, 7) is 6.06. The lowest BCUT2D eigenvalue weighted by Gasteiger charge is -2.16. The maximum absolute atomic E-state index is 13.4. The third-order valence-corrected chi connectivity index (χ3v) is 6.24. The fourth-order valence-electron chi connectivity index (χ4n) is 4.33. The van der Waals surface area contributed by atoms with Crippen molar-refractivity contribution in [2.75, 3.05) is 0 Å². The summed E-state index contributed by atoms with van der Waals surface area (Å²) < 4.78 is 13.4. The molecule has 160 valence electrons. The molecule has 0 bridgehead atoms. The predicted octanol–water partition coefficient (Wildman–Crippen LogP) is 7.44. The molecular weight excluding hydrogens is 391 g/mol. The first-order valence-electron chi connectivity index (χ1n) is 11.5. The smallest absolute Gasteiger partial charge is 0.126 e. The molecule has 0 N–H and O–H groups in total. The number of fused-ring (bicyclic) bond motifs is 1. The van der Waals surface area contributed by atoms with E-state index in [-0.39, 0.29) is 5.82 Å². The molecule has 0 saturated carbocycles. The highest BCUT2D eigenvalue weighted by molar-refractivity contribution is 5.53. The molecule has 1 heteroatoms. The van der Waals surface area contributed by atoms with E-state index in [9.17, 15) is 4.39 Å². The minimum Gasteiger partial charge on any atom is -0.207 e. The van der Waals surface area contributed by atoms with Crippen LogP contribution in [0.2, 0.25) is 0 Å². The molecule has 0 saturated heterocycles. The minimum absolute atomic E-state index is 0.200. The summed E-state index contributed by atoms with van der Waals surface area (Å²) in [7, 11) is 0. The Kier molecular flexibility index (Phi) is 6.78. The maximum Gasteiger partial charge on any atom is 0.126 e. The van der Waals surface area contributed by atoms with Gasteiger partial charge >= 0.3 is 0 Å². The Morgan fingerprint density at radius 3 is 2.41 bits per heavy atom. The van der Waals surface area contributed by atoms with Gasteiger partial charge in [-0.25, -0.2) is 4.39 Å². The maximum atomic E-state index is 13.4. The van der Waals surface area contributed by atoms with E-state index in [2.05, 4.69) is 67.9 Å². The summed E-state index contributed by atoms with van der Waals surface area (Å²) in [5, 5.41) is 0. The monoisotopic (exact) mass is 420 g/mol. The first-order chi connectivity index (χ1) is 15.5. The van der Waals surface area contributed by atoms with Gasteiger partial charge in [0.05, 0.1) is 0 Å². The van der Waals surface area contributed by atoms with Gasteiger partial charge < -0.3 is 0 Å². The normalized spacial score (nSPS) is 18.6. The summed E-state index contributed by atoms with van der Waals surface area (Å²) in [5.41, 5.74) is 7.22. The zero-order valence-corrected chi connectivity index (χ0v) is 19.1. The van der Waals surface area contributed by atoms with E-state index < -0.39 is 0 Å². The molecule has 0 aromatic heterocycles. The van der Waals surface area contributed by atoms with Crippen molar-refractivity contribution in [3.8, 4) is 23.7 Å². The Balaban J connectivity index is 1.44. The minimum atomic E-state index is -0.200. The second kappa shape index (κ2) is 9.89. The number of aryl methyl sites for hydroxylation is 2. The van der Waals surface area contributed by atoms with Crippen LogP contribution in [0.3, 0.4) is 0 Å². The van der Waals surface area contributed by atoms with Crippen LogP contribution in [0, 0.1) is 55.2 Å². The third kappa shape index (κ3) is 5.30. The molecule has 2 aliphatic carbocycles. The molecule has 0 radical (unpaired) electrons. The van der Waals surface area contributed by atoms with Crippen molar-refractivity contribution in [1.29, 1.82) is 0 Å². The number of benzene rings is 2. The molecule has 0 nitrogen and oxygen atoms in total. The van der Waals surface area contributed by atoms with Crippen molar-refractivity contribution in [2.45, 2.75) is 46.5 Å². The molecular formula is C31H29F. The van der Waals surface area contributed by atoms with Crippen molar-refractivity contribution in [1.82, 2.24) is 0 Å². The van der Waals surface area contributed by atoms with Gasteiger partial charge in [0.25, 0.3) is 0 Å². The molecule has 0 aliphatic heterocycles. The highest BCUT2D eigenvalue weighted by atomic mass is 19.1. The van der Waals surface area contributed by atoms with Crippen LogP contribution in [-0.4, -0.2) is 0 Å². The zero-order chi connectivity index (χ0) is 22.5. The number of hydrogen-bond donors (Lipinski definition) is 0. The van der Waals surface area contributed by atoms with Crippen LogP contribution in [0.1, 0.15) is 60.4 Å². The summed E-state index contributed by atoms with van der Waals surface area (Å²) in [6, 6.07) is 11.1. The van der Waals surface area contributed by atoms with Gasteiger partial charge in [-0.3, -0.25) is 0 Å². The van der Waals surface area contributed by atoms with E-state index in [1.165, 1.54) is 31.7 Å². The second-order valence-corrected chi connectivity index (χ2v) is 8.85. The van der Waals surface area contributed by atoms with Crippen LogP contribution in [0.5, 0.6) is 0 Å². The summed E-state index contributed by atoms with van der Waals surface area (Å²) in [6.07, 6.45) is 14.3. The van der Waals surface area contributed by atoms with Gasteiger partial charge in [-0.2, -0.15) is 0 Å². The molecule has 0 heterocycles. The van der Waals surface area contributed by atoms with Crippen LogP contribution in [0.25, 0.3) is 0 Å². The Hall–Kier alpha value is -3.29. The molecule has 2 aliphatic rings. The van der Waals surface area contributed by atoms with E-state index in [4.69, 9.17) is 0 Å². The number of allylic oxidation sites excluding steroid dienone is 6. The van der Waals surface area contributed by atoms with Crippen molar-refractivity contribution in [3.05, 3.63) is 105 Å². The fraction of sp³-hybridized carbons (Fsp3) is 0.290.